The second-order valence-electron chi connectivity index (χ2n) is 11.4. The Hall–Kier alpha value is -3.21. The largest absolute Gasteiger partial charge is 0.444 e. The van der Waals surface area contributed by atoms with Gasteiger partial charge in [-0.2, -0.15) is 13.2 Å². The number of benzene rings is 2. The van der Waals surface area contributed by atoms with E-state index in [9.17, 15) is 31.5 Å². The van der Waals surface area contributed by atoms with E-state index in [1.807, 2.05) is 5.32 Å². The van der Waals surface area contributed by atoms with Crippen LogP contribution in [0.1, 0.15) is 64.0 Å². The summed E-state index contributed by atoms with van der Waals surface area (Å²) in [5.41, 5.74) is -0.902. The van der Waals surface area contributed by atoms with Gasteiger partial charge in [0.25, 0.3) is 0 Å². The van der Waals surface area contributed by atoms with E-state index in [-0.39, 0.29) is 23.7 Å². The van der Waals surface area contributed by atoms with Crippen molar-refractivity contribution < 1.29 is 36.3 Å². The minimum atomic E-state index is -4.63. The van der Waals surface area contributed by atoms with Crippen molar-refractivity contribution in [3.63, 3.8) is 0 Å². The third-order valence-electron chi connectivity index (χ3n) is 7.30. The number of hydrogen-bond donors (Lipinski definition) is 2. The summed E-state index contributed by atoms with van der Waals surface area (Å²) in [4.78, 5) is 27.9. The number of unbranched alkanes of at least 4 members (excludes halogenated alkanes) is 1. The zero-order valence-corrected chi connectivity index (χ0v) is 22.8. The van der Waals surface area contributed by atoms with E-state index in [0.29, 0.717) is 30.5 Å². The number of alkyl carbamates (subject to hydrolysis) is 1. The Morgan fingerprint density at radius 1 is 1.00 bits per heavy atom. The van der Waals surface area contributed by atoms with Crippen LogP contribution in [-0.2, 0) is 14.9 Å². The molecule has 0 bridgehead atoms. The zero-order valence-electron chi connectivity index (χ0n) is 22.8. The van der Waals surface area contributed by atoms with Gasteiger partial charge in [0.05, 0.1) is 6.17 Å². The van der Waals surface area contributed by atoms with Crippen LogP contribution in [0.15, 0.2) is 36.4 Å². The van der Waals surface area contributed by atoms with Gasteiger partial charge in [0.1, 0.15) is 29.2 Å². The van der Waals surface area contributed by atoms with E-state index in [1.54, 1.807) is 20.8 Å². The van der Waals surface area contributed by atoms with Crippen LogP contribution in [-0.4, -0.2) is 54.5 Å². The number of hydrogen-bond acceptors (Lipinski definition) is 4. The van der Waals surface area contributed by atoms with Crippen LogP contribution >= 0.6 is 0 Å². The smallest absolute Gasteiger partial charge is 0.408 e. The Labute approximate surface area is 230 Å². The number of nitrogens with one attached hydrogen (secondary N) is 2. The average Bonchev–Trinajstić information content (AvgIpc) is 3.38. The van der Waals surface area contributed by atoms with Gasteiger partial charge in [0.15, 0.2) is 0 Å². The lowest BCUT2D eigenvalue weighted by atomic mass is 9.73. The quantitative estimate of drug-likeness (QED) is 0.302. The van der Waals surface area contributed by atoms with Gasteiger partial charge in [-0.3, -0.25) is 9.69 Å². The Kier molecular flexibility index (Phi) is 8.44. The van der Waals surface area contributed by atoms with Gasteiger partial charge >= 0.3 is 12.3 Å². The molecule has 1 saturated heterocycles. The molecule has 0 aromatic heterocycles. The van der Waals surface area contributed by atoms with Crippen LogP contribution in [0.25, 0.3) is 11.1 Å². The molecule has 1 fully saturated rings. The van der Waals surface area contributed by atoms with Gasteiger partial charge in [0, 0.05) is 13.1 Å². The van der Waals surface area contributed by atoms with Gasteiger partial charge in [-0.15, -0.1) is 0 Å². The maximum absolute atomic E-state index is 14.2. The molecule has 2 amide bonds. The van der Waals surface area contributed by atoms with Crippen LogP contribution in [0.2, 0.25) is 0 Å². The summed E-state index contributed by atoms with van der Waals surface area (Å²) >= 11 is 0. The molecule has 1 aliphatic heterocycles. The molecule has 0 spiro atoms. The van der Waals surface area contributed by atoms with Crippen LogP contribution in [0.4, 0.5) is 26.7 Å². The highest BCUT2D eigenvalue weighted by molar-refractivity contribution is 6.00. The fraction of sp³-hybridized carbons (Fsp3) is 0.517. The van der Waals surface area contributed by atoms with E-state index in [2.05, 4.69) is 10.2 Å². The summed E-state index contributed by atoms with van der Waals surface area (Å²) in [5, 5.41) is 4.91. The number of carbonyl (C=O) groups excluding carboxylic acids is 2. The number of carbonyl (C=O) groups is 2. The highest BCUT2D eigenvalue weighted by atomic mass is 19.4. The van der Waals surface area contributed by atoms with Gasteiger partial charge in [0.2, 0.25) is 5.91 Å². The van der Waals surface area contributed by atoms with Crippen molar-refractivity contribution >= 4 is 12.0 Å². The molecular formula is C29H34F5N3O3. The summed E-state index contributed by atoms with van der Waals surface area (Å²) in [6.07, 6.45) is -2.58. The van der Waals surface area contributed by atoms with Crippen LogP contribution in [0, 0.1) is 11.6 Å². The first-order valence-corrected chi connectivity index (χ1v) is 13.4. The van der Waals surface area contributed by atoms with E-state index in [0.717, 1.165) is 31.5 Å². The molecule has 11 heteroatoms. The van der Waals surface area contributed by atoms with E-state index in [1.165, 1.54) is 24.3 Å². The highest BCUT2D eigenvalue weighted by Crippen LogP contribution is 2.52. The summed E-state index contributed by atoms with van der Waals surface area (Å²) in [7, 11) is 0. The van der Waals surface area contributed by atoms with Crippen molar-refractivity contribution in [3.8, 4) is 11.1 Å². The Bertz CT molecular complexity index is 1210. The van der Waals surface area contributed by atoms with Gasteiger partial charge in [-0.1, -0.05) is 18.6 Å². The van der Waals surface area contributed by atoms with E-state index >= 15 is 0 Å². The second kappa shape index (κ2) is 11.3. The van der Waals surface area contributed by atoms with Gasteiger partial charge in [-0.05, 0) is 93.0 Å². The number of likely N-dealkylation sites (tertiary alicyclic amines) is 1. The first-order valence-electron chi connectivity index (χ1n) is 13.4. The molecule has 1 atom stereocenters. The van der Waals surface area contributed by atoms with Gasteiger partial charge in [-0.25, -0.2) is 13.6 Å². The third kappa shape index (κ3) is 6.56. The molecule has 40 heavy (non-hydrogen) atoms. The molecular weight excluding hydrogens is 533 g/mol. The van der Waals surface area contributed by atoms with Crippen molar-refractivity contribution in [3.05, 3.63) is 59.2 Å². The van der Waals surface area contributed by atoms with Crippen LogP contribution in [0.3, 0.4) is 0 Å². The molecule has 1 aliphatic carbocycles. The molecule has 4 rings (SSSR count). The zero-order chi connectivity index (χ0) is 29.3. The minimum Gasteiger partial charge on any atom is -0.444 e. The summed E-state index contributed by atoms with van der Waals surface area (Å²) in [6, 6.07) is 7.48. The number of ether oxygens (including phenoxy) is 1. The van der Waals surface area contributed by atoms with Crippen LogP contribution in [0.5, 0.6) is 0 Å². The molecule has 0 saturated carbocycles. The standard InChI is InChI=1S/C29H34F5N3O3/c1-27(2,3)40-26(39)36-24-7-6-14-37(24)13-5-4-12-28(25(38)35-17-29(32,33)34)22-10-8-18(30)15-20(22)21-16-19(31)9-11-23(21)28/h8-11,15-16,24H,4-7,12-14,17H2,1-3H3,(H,35,38)(H,36,39). The lowest BCUT2D eigenvalue weighted by Crippen LogP contribution is -2.47. The molecule has 1 unspecified atom stereocenters. The Morgan fingerprint density at radius 3 is 2.15 bits per heavy atom. The Balaban J connectivity index is 1.54. The SMILES string of the molecule is CC(C)(C)OC(=O)NC1CCCN1CCCCC1(C(=O)NCC(F)(F)F)c2ccc(F)cc2-c2cc(F)ccc21. The predicted octanol–water partition coefficient (Wildman–Crippen LogP) is 6.03. The van der Waals surface area contributed by atoms with Crippen molar-refractivity contribution in [2.24, 2.45) is 0 Å². The monoisotopic (exact) mass is 567 g/mol. The second-order valence-corrected chi connectivity index (χ2v) is 11.4. The number of alkyl halides is 3. The maximum Gasteiger partial charge on any atom is 0.408 e. The van der Waals surface area contributed by atoms with E-state index < -0.39 is 47.4 Å². The molecule has 2 aliphatic rings. The first-order chi connectivity index (χ1) is 18.7. The number of fused-ring (bicyclic) bond motifs is 3. The molecule has 2 aromatic rings. The molecule has 2 aromatic carbocycles. The predicted molar refractivity (Wildman–Crippen MR) is 139 cm³/mol. The number of rotatable bonds is 8. The number of amides is 2. The molecule has 1 heterocycles. The van der Waals surface area contributed by atoms with Crippen molar-refractivity contribution in [2.75, 3.05) is 19.6 Å². The van der Waals surface area contributed by atoms with E-state index in [4.69, 9.17) is 4.74 Å². The fourth-order valence-electron chi connectivity index (χ4n) is 5.73. The summed E-state index contributed by atoms with van der Waals surface area (Å²) in [6.45, 7) is 5.15. The number of halogens is 5. The lowest BCUT2D eigenvalue weighted by Gasteiger charge is -2.32. The first kappa shape index (κ1) is 29.8. The maximum atomic E-state index is 14.2. The molecule has 0 radical (unpaired) electrons. The van der Waals surface area contributed by atoms with Crippen molar-refractivity contribution in [2.45, 2.75) is 76.2 Å². The van der Waals surface area contributed by atoms with Gasteiger partial charge < -0.3 is 15.4 Å². The number of nitrogens with zero attached hydrogens (tertiary/aromatic N) is 1. The topological polar surface area (TPSA) is 70.7 Å². The summed E-state index contributed by atoms with van der Waals surface area (Å²) < 4.78 is 73.0. The molecule has 6 nitrogen and oxygen atoms in total. The lowest BCUT2D eigenvalue weighted by molar-refractivity contribution is -0.141. The normalized spacial score (nSPS) is 18.2. The van der Waals surface area contributed by atoms with Crippen molar-refractivity contribution in [1.82, 2.24) is 15.5 Å². The average molecular weight is 568 g/mol. The molecule has 218 valence electrons. The fourth-order valence-corrected chi connectivity index (χ4v) is 5.73. The minimum absolute atomic E-state index is 0.131. The third-order valence-corrected chi connectivity index (χ3v) is 7.30. The van der Waals surface area contributed by atoms with Crippen molar-refractivity contribution in [1.29, 1.82) is 0 Å². The summed E-state index contributed by atoms with van der Waals surface area (Å²) in [5.74, 6) is -2.07. The highest BCUT2D eigenvalue weighted by Gasteiger charge is 2.49. The molecule has 2 N–H and O–H groups in total. The van der Waals surface area contributed by atoms with Crippen LogP contribution < -0.4 is 10.6 Å². The Morgan fingerprint density at radius 2 is 1.60 bits per heavy atom.